The summed E-state index contributed by atoms with van der Waals surface area (Å²) < 4.78 is 0. The molecule has 48 valence electrons. The fraction of sp³-hybridized carbons (Fsp3) is 0.667. The Labute approximate surface area is 76.0 Å². The molecule has 0 aromatic carbocycles. The molecule has 0 atom stereocenters. The van der Waals surface area contributed by atoms with Crippen LogP contribution in [0.5, 0.6) is 0 Å². The van der Waals surface area contributed by atoms with Gasteiger partial charge in [0.15, 0.2) is 0 Å². The van der Waals surface area contributed by atoms with Crippen LogP contribution in [-0.4, -0.2) is 23.1 Å². The first kappa shape index (κ1) is 23.0. The van der Waals surface area contributed by atoms with E-state index in [2.05, 4.69) is 13.8 Å². The molecule has 0 amide bonds. The summed E-state index contributed by atoms with van der Waals surface area (Å²) in [7, 11) is 0. The largest absolute Gasteiger partial charge is 2.00 e. The zero-order chi connectivity index (χ0) is 5.41. The van der Waals surface area contributed by atoms with Crippen molar-refractivity contribution in [2.75, 3.05) is 0 Å². The van der Waals surface area contributed by atoms with Gasteiger partial charge in [-0.05, 0) is 0 Å². The summed E-state index contributed by atoms with van der Waals surface area (Å²) in [4.78, 5) is 0. The topological polar surface area (TPSA) is 0 Å². The smallest absolute Gasteiger partial charge is 0.344 e. The predicted molar refractivity (Wildman–Crippen MR) is 44.3 cm³/mol. The molecule has 0 spiro atoms. The van der Waals surface area contributed by atoms with Crippen LogP contribution in [0.3, 0.4) is 0 Å². The number of hydrogen-bond acceptors (Lipinski definition) is 0. The van der Waals surface area contributed by atoms with Gasteiger partial charge in [0.25, 0.3) is 0 Å². The second kappa shape index (κ2) is 42.9. The molecule has 0 aliphatic rings. The van der Waals surface area contributed by atoms with Gasteiger partial charge in [-0.25, -0.2) is 0 Å². The standard InChI is InChI=1S/2C3H7.ClH.Mg/c2*1-3-2;;/h2*1,3H2,2H3;1H;/q2*-1;;+2. The normalized spacial score (nSPS) is 4.50. The summed E-state index contributed by atoms with van der Waals surface area (Å²) in [6.07, 6.45) is 2.00. The monoisotopic (exact) mass is 146 g/mol. The van der Waals surface area contributed by atoms with Gasteiger partial charge in [-0.3, -0.25) is 0 Å². The third-order valence-electron chi connectivity index (χ3n) is 0. The molecular weight excluding hydrogens is 132 g/mol. The number of hydrogen-bond donors (Lipinski definition) is 0. The fourth-order valence-electron chi connectivity index (χ4n) is 0. The fourth-order valence-corrected chi connectivity index (χ4v) is 0. The Morgan fingerprint density at radius 3 is 1.00 bits per heavy atom. The van der Waals surface area contributed by atoms with Crippen molar-refractivity contribution in [1.29, 1.82) is 0 Å². The maximum Gasteiger partial charge on any atom is 2.00 e. The Bertz CT molecular complexity index is 10.5. The van der Waals surface area contributed by atoms with Crippen LogP contribution in [0.4, 0.5) is 0 Å². The van der Waals surface area contributed by atoms with Gasteiger partial charge in [0, 0.05) is 0 Å². The Morgan fingerprint density at radius 1 is 1.00 bits per heavy atom. The Hall–Kier alpha value is 1.06. The molecule has 0 aliphatic carbocycles. The summed E-state index contributed by atoms with van der Waals surface area (Å²) >= 11 is 0. The molecule has 0 aromatic rings. The number of rotatable bonds is 0. The first-order valence-corrected chi connectivity index (χ1v) is 2.41. The van der Waals surface area contributed by atoms with Crippen LogP contribution in [0.2, 0.25) is 0 Å². The van der Waals surface area contributed by atoms with Crippen LogP contribution >= 0.6 is 12.4 Å². The average Bonchev–Trinajstić information content (AvgIpc) is 1.39. The van der Waals surface area contributed by atoms with E-state index in [0.29, 0.717) is 0 Å². The van der Waals surface area contributed by atoms with Gasteiger partial charge in [-0.15, -0.1) is 12.4 Å². The Morgan fingerprint density at radius 2 is 1.00 bits per heavy atom. The molecule has 0 unspecified atom stereocenters. The molecular formula is C6H15ClMg. The molecule has 0 radical (unpaired) electrons. The van der Waals surface area contributed by atoms with Gasteiger partial charge in [-0.2, -0.15) is 12.8 Å². The van der Waals surface area contributed by atoms with Crippen LogP contribution in [0.1, 0.15) is 26.7 Å². The SMILES string of the molecule is Cl.[CH2-]CC.[CH2-]CC.[Mg+2]. The van der Waals surface area contributed by atoms with Crippen LogP contribution in [-0.2, 0) is 0 Å². The minimum absolute atomic E-state index is 0. The van der Waals surface area contributed by atoms with E-state index in [1.54, 1.807) is 0 Å². The second-order valence-corrected chi connectivity index (χ2v) is 1.000. The van der Waals surface area contributed by atoms with Crippen molar-refractivity contribution in [2.45, 2.75) is 26.7 Å². The first-order valence-electron chi connectivity index (χ1n) is 2.41. The van der Waals surface area contributed by atoms with E-state index < -0.39 is 0 Å². The molecule has 0 aliphatic heterocycles. The maximum atomic E-state index is 3.49. The molecule has 0 rings (SSSR count). The molecule has 0 nitrogen and oxygen atoms in total. The van der Waals surface area contributed by atoms with Crippen LogP contribution in [0.15, 0.2) is 0 Å². The molecule has 0 heterocycles. The average molecular weight is 147 g/mol. The minimum atomic E-state index is 0. The third-order valence-corrected chi connectivity index (χ3v) is 0. The van der Waals surface area contributed by atoms with Crippen molar-refractivity contribution >= 4 is 35.5 Å². The molecule has 0 N–H and O–H groups in total. The Kier molecular flexibility index (Phi) is 123. The van der Waals surface area contributed by atoms with E-state index in [-0.39, 0.29) is 35.5 Å². The van der Waals surface area contributed by atoms with Crippen molar-refractivity contribution in [3.63, 3.8) is 0 Å². The number of halogens is 1. The molecule has 0 saturated carbocycles. The van der Waals surface area contributed by atoms with E-state index >= 15 is 0 Å². The summed E-state index contributed by atoms with van der Waals surface area (Å²) in [6.45, 7) is 11.0. The van der Waals surface area contributed by atoms with E-state index in [1.807, 2.05) is 13.8 Å². The van der Waals surface area contributed by atoms with Gasteiger partial charge in [-0.1, -0.05) is 13.8 Å². The molecule has 0 saturated heterocycles. The molecule has 0 fully saturated rings. The zero-order valence-electron chi connectivity index (χ0n) is 5.94. The molecule has 8 heavy (non-hydrogen) atoms. The van der Waals surface area contributed by atoms with Crippen molar-refractivity contribution < 1.29 is 0 Å². The van der Waals surface area contributed by atoms with Gasteiger partial charge >= 0.3 is 23.1 Å². The maximum absolute atomic E-state index is 3.49. The van der Waals surface area contributed by atoms with Crippen molar-refractivity contribution in [1.82, 2.24) is 0 Å². The van der Waals surface area contributed by atoms with Crippen LogP contribution in [0.25, 0.3) is 0 Å². The minimum Gasteiger partial charge on any atom is -0.344 e. The van der Waals surface area contributed by atoms with E-state index in [9.17, 15) is 0 Å². The molecule has 0 aromatic heterocycles. The van der Waals surface area contributed by atoms with Gasteiger partial charge < -0.3 is 13.8 Å². The molecule has 0 bridgehead atoms. The van der Waals surface area contributed by atoms with E-state index in [4.69, 9.17) is 0 Å². The Balaban J connectivity index is -0.0000000160. The van der Waals surface area contributed by atoms with Gasteiger partial charge in [0.1, 0.15) is 0 Å². The first-order chi connectivity index (χ1) is 2.83. The predicted octanol–water partition coefficient (Wildman–Crippen LogP) is 2.50. The van der Waals surface area contributed by atoms with Crippen LogP contribution < -0.4 is 0 Å². The second-order valence-electron chi connectivity index (χ2n) is 1.000. The van der Waals surface area contributed by atoms with Gasteiger partial charge in [0.05, 0.1) is 0 Å². The van der Waals surface area contributed by atoms with Crippen molar-refractivity contribution in [3.05, 3.63) is 13.8 Å². The zero-order valence-corrected chi connectivity index (χ0v) is 8.17. The summed E-state index contributed by atoms with van der Waals surface area (Å²) in [5.74, 6) is 0. The summed E-state index contributed by atoms with van der Waals surface area (Å²) in [5.41, 5.74) is 0. The molecule has 2 heteroatoms. The van der Waals surface area contributed by atoms with Crippen molar-refractivity contribution in [3.8, 4) is 0 Å². The van der Waals surface area contributed by atoms with Gasteiger partial charge in [0.2, 0.25) is 0 Å². The van der Waals surface area contributed by atoms with E-state index in [1.165, 1.54) is 0 Å². The third kappa shape index (κ3) is 232. The van der Waals surface area contributed by atoms with Crippen molar-refractivity contribution in [2.24, 2.45) is 0 Å². The van der Waals surface area contributed by atoms with E-state index in [0.717, 1.165) is 12.8 Å². The summed E-state index contributed by atoms with van der Waals surface area (Å²) in [6, 6.07) is 0. The summed E-state index contributed by atoms with van der Waals surface area (Å²) in [5, 5.41) is 0. The quantitative estimate of drug-likeness (QED) is 0.364. The van der Waals surface area contributed by atoms with Crippen LogP contribution in [0, 0.1) is 13.8 Å².